The van der Waals surface area contributed by atoms with Gasteiger partial charge in [-0.25, -0.2) is 0 Å². The molecule has 0 fully saturated rings. The maximum atomic E-state index is 12.5. The minimum absolute atomic E-state index is 0.0120. The number of phenols is 1. The lowest BCUT2D eigenvalue weighted by Gasteiger charge is -2.21. The van der Waals surface area contributed by atoms with Crippen LogP contribution in [0.4, 0.5) is 13.2 Å². The van der Waals surface area contributed by atoms with Crippen LogP contribution in [0.15, 0.2) is 12.1 Å². The van der Waals surface area contributed by atoms with Gasteiger partial charge in [0, 0.05) is 10.6 Å². The lowest BCUT2D eigenvalue weighted by Crippen LogP contribution is -2.26. The number of aromatic hydroxyl groups is 1. The van der Waals surface area contributed by atoms with Crippen LogP contribution in [-0.2, 0) is 17.4 Å². The highest BCUT2D eigenvalue weighted by Crippen LogP contribution is 2.39. The number of benzene rings is 1. The molecule has 19 heavy (non-hydrogen) atoms. The number of rotatable bonds is 3. The van der Waals surface area contributed by atoms with E-state index in [1.54, 1.807) is 0 Å². The number of halogens is 4. The zero-order chi connectivity index (χ0) is 15.0. The van der Waals surface area contributed by atoms with Gasteiger partial charge in [-0.05, 0) is 32.4 Å². The Morgan fingerprint density at radius 3 is 2.21 bits per heavy atom. The van der Waals surface area contributed by atoms with Crippen molar-refractivity contribution in [3.8, 4) is 5.75 Å². The monoisotopic (exact) mass is 296 g/mol. The standard InChI is InChI=1S/C12H12ClF3O3/c1-11(2,10(18)19)5-7-8(13)3-6(4-9(7)17)12(14,15)16/h3-4,17H,5H2,1-2H3,(H,18,19). The lowest BCUT2D eigenvalue weighted by molar-refractivity contribution is -0.146. The van der Waals surface area contributed by atoms with Crippen molar-refractivity contribution in [1.29, 1.82) is 0 Å². The van der Waals surface area contributed by atoms with Gasteiger partial charge in [0.05, 0.1) is 11.0 Å². The van der Waals surface area contributed by atoms with E-state index in [1.807, 2.05) is 0 Å². The molecule has 7 heteroatoms. The third-order valence-corrected chi connectivity index (χ3v) is 3.03. The van der Waals surface area contributed by atoms with Gasteiger partial charge in [-0.15, -0.1) is 0 Å². The molecule has 0 radical (unpaired) electrons. The molecule has 0 aliphatic heterocycles. The maximum Gasteiger partial charge on any atom is 0.416 e. The number of carbonyl (C=O) groups is 1. The van der Waals surface area contributed by atoms with Crippen molar-refractivity contribution in [2.45, 2.75) is 26.4 Å². The third kappa shape index (κ3) is 3.53. The van der Waals surface area contributed by atoms with Gasteiger partial charge in [-0.3, -0.25) is 4.79 Å². The zero-order valence-corrected chi connectivity index (χ0v) is 10.9. The highest BCUT2D eigenvalue weighted by molar-refractivity contribution is 6.31. The number of phenolic OH excluding ortho intramolecular Hbond substituents is 1. The van der Waals surface area contributed by atoms with Crippen molar-refractivity contribution in [2.24, 2.45) is 5.41 Å². The fourth-order valence-electron chi connectivity index (χ4n) is 1.48. The second kappa shape index (κ2) is 4.92. The van der Waals surface area contributed by atoms with Crippen molar-refractivity contribution in [2.75, 3.05) is 0 Å². The van der Waals surface area contributed by atoms with Crippen LogP contribution in [-0.4, -0.2) is 16.2 Å². The molecular formula is C12H12ClF3O3. The molecule has 0 saturated carbocycles. The van der Waals surface area contributed by atoms with Gasteiger partial charge in [-0.2, -0.15) is 13.2 Å². The Morgan fingerprint density at radius 2 is 1.84 bits per heavy atom. The summed E-state index contributed by atoms with van der Waals surface area (Å²) in [5.41, 5.74) is -2.34. The fourth-order valence-corrected chi connectivity index (χ4v) is 1.76. The predicted octanol–water partition coefficient (Wildman–Crippen LogP) is 3.72. The molecule has 0 bridgehead atoms. The summed E-state index contributed by atoms with van der Waals surface area (Å²) in [4.78, 5) is 11.0. The molecule has 0 atom stereocenters. The Labute approximate surface area is 112 Å². The van der Waals surface area contributed by atoms with Crippen molar-refractivity contribution < 1.29 is 28.2 Å². The summed E-state index contributed by atoms with van der Waals surface area (Å²) in [7, 11) is 0. The van der Waals surface area contributed by atoms with Crippen LogP contribution in [0.3, 0.4) is 0 Å². The molecule has 1 aromatic rings. The largest absolute Gasteiger partial charge is 0.508 e. The summed E-state index contributed by atoms with van der Waals surface area (Å²) in [6.07, 6.45) is -4.80. The summed E-state index contributed by atoms with van der Waals surface area (Å²) < 4.78 is 37.4. The van der Waals surface area contributed by atoms with E-state index in [0.717, 1.165) is 0 Å². The Bertz CT molecular complexity index is 486. The first-order chi connectivity index (χ1) is 8.45. The zero-order valence-electron chi connectivity index (χ0n) is 10.2. The van der Waals surface area contributed by atoms with E-state index in [9.17, 15) is 23.1 Å². The molecule has 0 aliphatic carbocycles. The Balaban J connectivity index is 3.22. The molecule has 0 aromatic heterocycles. The fraction of sp³-hybridized carbons (Fsp3) is 0.417. The number of alkyl halides is 3. The molecule has 106 valence electrons. The highest BCUT2D eigenvalue weighted by Gasteiger charge is 2.34. The van der Waals surface area contributed by atoms with Gasteiger partial charge < -0.3 is 10.2 Å². The summed E-state index contributed by atoms with van der Waals surface area (Å²) in [5.74, 6) is -1.79. The summed E-state index contributed by atoms with van der Waals surface area (Å²) in [6.45, 7) is 2.78. The number of hydrogen-bond acceptors (Lipinski definition) is 2. The van der Waals surface area contributed by atoms with Gasteiger partial charge in [0.15, 0.2) is 0 Å². The molecule has 0 amide bonds. The summed E-state index contributed by atoms with van der Waals surface area (Å²) in [5, 5.41) is 18.3. The first-order valence-corrected chi connectivity index (χ1v) is 5.65. The van der Waals surface area contributed by atoms with Crippen molar-refractivity contribution >= 4 is 17.6 Å². The Kier molecular flexibility index (Phi) is 4.05. The number of hydrogen-bond donors (Lipinski definition) is 2. The molecule has 0 aliphatic rings. The first kappa shape index (κ1) is 15.6. The highest BCUT2D eigenvalue weighted by atomic mass is 35.5. The Hall–Kier alpha value is -1.43. The third-order valence-electron chi connectivity index (χ3n) is 2.70. The maximum absolute atomic E-state index is 12.5. The van der Waals surface area contributed by atoms with Crippen molar-refractivity contribution in [1.82, 2.24) is 0 Å². The number of carboxylic acid groups (broad SMARTS) is 1. The van der Waals surface area contributed by atoms with Crippen molar-refractivity contribution in [3.05, 3.63) is 28.3 Å². The SMILES string of the molecule is CC(C)(Cc1c(O)cc(C(F)(F)F)cc1Cl)C(=O)O. The lowest BCUT2D eigenvalue weighted by atomic mass is 9.85. The molecule has 0 unspecified atom stereocenters. The van der Waals surface area contributed by atoms with Crippen LogP contribution in [0.2, 0.25) is 5.02 Å². The Morgan fingerprint density at radius 1 is 1.32 bits per heavy atom. The van der Waals surface area contributed by atoms with Crippen molar-refractivity contribution in [3.63, 3.8) is 0 Å². The predicted molar refractivity (Wildman–Crippen MR) is 63.2 cm³/mol. The summed E-state index contributed by atoms with van der Waals surface area (Å²) in [6, 6.07) is 1.22. The molecule has 1 aromatic carbocycles. The molecule has 0 spiro atoms. The minimum Gasteiger partial charge on any atom is -0.508 e. The smallest absolute Gasteiger partial charge is 0.416 e. The second-order valence-electron chi connectivity index (χ2n) is 4.82. The van der Waals surface area contributed by atoms with E-state index in [-0.39, 0.29) is 17.0 Å². The van der Waals surface area contributed by atoms with Crippen LogP contribution < -0.4 is 0 Å². The van der Waals surface area contributed by atoms with E-state index < -0.39 is 28.9 Å². The van der Waals surface area contributed by atoms with Gasteiger partial charge in [0.1, 0.15) is 5.75 Å². The first-order valence-electron chi connectivity index (χ1n) is 5.27. The second-order valence-corrected chi connectivity index (χ2v) is 5.23. The normalized spacial score (nSPS) is 12.5. The molecule has 2 N–H and O–H groups in total. The molecule has 3 nitrogen and oxygen atoms in total. The van der Waals surface area contributed by atoms with E-state index in [4.69, 9.17) is 16.7 Å². The minimum atomic E-state index is -4.62. The average Bonchev–Trinajstić information content (AvgIpc) is 2.21. The number of aliphatic carboxylic acids is 1. The van der Waals surface area contributed by atoms with Crippen LogP contribution in [0.5, 0.6) is 5.75 Å². The number of carboxylic acids is 1. The van der Waals surface area contributed by atoms with Gasteiger partial charge >= 0.3 is 12.1 Å². The van der Waals surface area contributed by atoms with E-state index in [1.165, 1.54) is 13.8 Å². The molecule has 1 rings (SSSR count). The molecular weight excluding hydrogens is 285 g/mol. The summed E-state index contributed by atoms with van der Waals surface area (Å²) >= 11 is 5.70. The average molecular weight is 297 g/mol. The molecule has 0 heterocycles. The van der Waals surface area contributed by atoms with Gasteiger partial charge in [-0.1, -0.05) is 11.6 Å². The van der Waals surface area contributed by atoms with Crippen LogP contribution in [0.1, 0.15) is 25.0 Å². The van der Waals surface area contributed by atoms with Gasteiger partial charge in [0.25, 0.3) is 0 Å². The topological polar surface area (TPSA) is 57.5 Å². The molecule has 0 saturated heterocycles. The van der Waals surface area contributed by atoms with E-state index >= 15 is 0 Å². The van der Waals surface area contributed by atoms with E-state index in [0.29, 0.717) is 12.1 Å². The van der Waals surface area contributed by atoms with Crippen LogP contribution in [0.25, 0.3) is 0 Å². The van der Waals surface area contributed by atoms with Crippen LogP contribution >= 0.6 is 11.6 Å². The van der Waals surface area contributed by atoms with E-state index in [2.05, 4.69) is 0 Å². The van der Waals surface area contributed by atoms with Gasteiger partial charge in [0.2, 0.25) is 0 Å². The quantitative estimate of drug-likeness (QED) is 0.894. The van der Waals surface area contributed by atoms with Crippen LogP contribution in [0, 0.1) is 5.41 Å².